The van der Waals surface area contributed by atoms with Crippen LogP contribution >= 0.6 is 0 Å². The van der Waals surface area contributed by atoms with Gasteiger partial charge in [-0.25, -0.2) is 4.39 Å². The summed E-state index contributed by atoms with van der Waals surface area (Å²) >= 11 is 0. The fourth-order valence-corrected chi connectivity index (χ4v) is 1.90. The van der Waals surface area contributed by atoms with Crippen LogP contribution in [0.25, 0.3) is 11.4 Å². The van der Waals surface area contributed by atoms with Crippen LogP contribution in [0.5, 0.6) is 0 Å². The van der Waals surface area contributed by atoms with Crippen molar-refractivity contribution in [3.63, 3.8) is 0 Å². The summed E-state index contributed by atoms with van der Waals surface area (Å²) in [5, 5.41) is 7.00. The normalized spacial score (nSPS) is 13.1. The number of aryl methyl sites for hydroxylation is 1. The summed E-state index contributed by atoms with van der Waals surface area (Å²) in [6.45, 7) is 4.72. The second-order valence-corrected chi connectivity index (χ2v) is 5.34. The van der Waals surface area contributed by atoms with Gasteiger partial charge in [0.1, 0.15) is 5.82 Å². The largest absolute Gasteiger partial charge is 0.370 e. The number of benzene rings is 1. The Morgan fingerprint density at radius 3 is 2.83 bits per heavy atom. The number of nitrogens with one attached hydrogen (secondary N) is 1. The number of hydrogen-bond donors (Lipinski definition) is 2. The topological polar surface area (TPSA) is 89.3 Å². The van der Waals surface area contributed by atoms with E-state index in [1.807, 2.05) is 0 Å². The van der Waals surface area contributed by atoms with E-state index in [4.69, 9.17) is 10.3 Å². The smallest absolute Gasteiger partial charge is 0.227 e. The van der Waals surface area contributed by atoms with Crippen molar-refractivity contribution in [1.29, 1.82) is 0 Å². The van der Waals surface area contributed by atoms with Gasteiger partial charge in [-0.3, -0.25) is 4.99 Å². The third-order valence-corrected chi connectivity index (χ3v) is 3.41. The van der Waals surface area contributed by atoms with Crippen molar-refractivity contribution in [3.05, 3.63) is 36.0 Å². The van der Waals surface area contributed by atoms with Crippen molar-refractivity contribution >= 4 is 5.96 Å². The molecule has 0 aliphatic heterocycles. The minimum Gasteiger partial charge on any atom is -0.370 e. The van der Waals surface area contributed by atoms with Gasteiger partial charge >= 0.3 is 0 Å². The number of halogens is 1. The van der Waals surface area contributed by atoms with E-state index in [1.165, 1.54) is 12.1 Å². The molecule has 23 heavy (non-hydrogen) atoms. The second-order valence-electron chi connectivity index (χ2n) is 5.34. The van der Waals surface area contributed by atoms with E-state index in [-0.39, 0.29) is 5.82 Å². The van der Waals surface area contributed by atoms with E-state index in [9.17, 15) is 4.39 Å². The molecule has 2 rings (SSSR count). The average Bonchev–Trinajstić information content (AvgIpc) is 3.01. The standard InChI is InChI=1S/C16H22FN5O/c1-3-11(2)20-16(18)19-10-4-5-14-21-15(22-23-14)12-6-8-13(17)9-7-12/h6-9,11H,3-5,10H2,1-2H3,(H3,18,19,20). The molecule has 3 N–H and O–H groups in total. The average molecular weight is 319 g/mol. The number of aliphatic imine (C=N–C) groups is 1. The first-order valence-electron chi connectivity index (χ1n) is 7.73. The third-order valence-electron chi connectivity index (χ3n) is 3.41. The van der Waals surface area contributed by atoms with Gasteiger partial charge in [0.2, 0.25) is 11.7 Å². The predicted molar refractivity (Wildman–Crippen MR) is 87.4 cm³/mol. The summed E-state index contributed by atoms with van der Waals surface area (Å²) in [5.41, 5.74) is 6.50. The summed E-state index contributed by atoms with van der Waals surface area (Å²) < 4.78 is 18.1. The molecule has 0 aliphatic rings. The van der Waals surface area contributed by atoms with Gasteiger partial charge in [0.25, 0.3) is 0 Å². The Bertz CT molecular complexity index is 638. The minimum absolute atomic E-state index is 0.293. The highest BCUT2D eigenvalue weighted by molar-refractivity contribution is 5.78. The Labute approximate surface area is 135 Å². The summed E-state index contributed by atoms with van der Waals surface area (Å²) in [6.07, 6.45) is 2.37. The minimum atomic E-state index is -0.293. The van der Waals surface area contributed by atoms with Crippen LogP contribution in [0.4, 0.5) is 4.39 Å². The van der Waals surface area contributed by atoms with E-state index in [0.29, 0.717) is 36.7 Å². The third kappa shape index (κ3) is 5.36. The van der Waals surface area contributed by atoms with Crippen molar-refractivity contribution in [2.75, 3.05) is 6.54 Å². The first-order valence-corrected chi connectivity index (χ1v) is 7.73. The van der Waals surface area contributed by atoms with Crippen LogP contribution in [-0.4, -0.2) is 28.7 Å². The number of rotatable bonds is 7. The zero-order chi connectivity index (χ0) is 16.7. The fourth-order valence-electron chi connectivity index (χ4n) is 1.90. The number of guanidine groups is 1. The molecule has 7 heteroatoms. The maximum absolute atomic E-state index is 12.9. The first-order chi connectivity index (χ1) is 11.1. The molecule has 2 aromatic rings. The molecule has 0 fully saturated rings. The highest BCUT2D eigenvalue weighted by atomic mass is 19.1. The van der Waals surface area contributed by atoms with E-state index >= 15 is 0 Å². The molecular formula is C16H22FN5O. The lowest BCUT2D eigenvalue weighted by Crippen LogP contribution is -2.38. The molecule has 6 nitrogen and oxygen atoms in total. The Balaban J connectivity index is 1.81. The lowest BCUT2D eigenvalue weighted by Gasteiger charge is -2.11. The molecule has 1 aromatic heterocycles. The van der Waals surface area contributed by atoms with Gasteiger partial charge in [-0.2, -0.15) is 4.98 Å². The van der Waals surface area contributed by atoms with E-state index in [2.05, 4.69) is 34.3 Å². The maximum atomic E-state index is 12.9. The highest BCUT2D eigenvalue weighted by Crippen LogP contribution is 2.16. The molecule has 1 aromatic carbocycles. The van der Waals surface area contributed by atoms with Gasteiger partial charge < -0.3 is 15.6 Å². The van der Waals surface area contributed by atoms with Gasteiger partial charge in [0.15, 0.2) is 5.96 Å². The number of hydrogen-bond acceptors (Lipinski definition) is 4. The van der Waals surface area contributed by atoms with Crippen LogP contribution < -0.4 is 11.1 Å². The van der Waals surface area contributed by atoms with Crippen LogP contribution in [0.15, 0.2) is 33.8 Å². The van der Waals surface area contributed by atoms with Crippen LogP contribution in [0.3, 0.4) is 0 Å². The molecule has 1 heterocycles. The molecular weight excluding hydrogens is 297 g/mol. The Morgan fingerprint density at radius 1 is 1.39 bits per heavy atom. The molecule has 124 valence electrons. The number of nitrogens with two attached hydrogens (primary N) is 1. The summed E-state index contributed by atoms with van der Waals surface area (Å²) in [5.74, 6) is 1.16. The molecule has 0 spiro atoms. The monoisotopic (exact) mass is 319 g/mol. The van der Waals surface area contributed by atoms with E-state index in [1.54, 1.807) is 12.1 Å². The van der Waals surface area contributed by atoms with Crippen molar-refractivity contribution in [2.45, 2.75) is 39.2 Å². The molecule has 0 saturated heterocycles. The Kier molecular flexibility index (Phi) is 6.08. The lowest BCUT2D eigenvalue weighted by molar-refractivity contribution is 0.376. The van der Waals surface area contributed by atoms with E-state index < -0.39 is 0 Å². The van der Waals surface area contributed by atoms with Gasteiger partial charge in [-0.1, -0.05) is 12.1 Å². The van der Waals surface area contributed by atoms with Crippen LogP contribution in [0, 0.1) is 5.82 Å². The molecule has 0 radical (unpaired) electrons. The fraction of sp³-hybridized carbons (Fsp3) is 0.438. The molecule has 0 saturated carbocycles. The number of nitrogens with zero attached hydrogens (tertiary/aromatic N) is 3. The number of aromatic nitrogens is 2. The predicted octanol–water partition coefficient (Wildman–Crippen LogP) is 2.51. The molecule has 0 aliphatic carbocycles. The van der Waals surface area contributed by atoms with Gasteiger partial charge in [-0.15, -0.1) is 0 Å². The molecule has 1 atom stereocenters. The van der Waals surface area contributed by atoms with E-state index in [0.717, 1.165) is 18.4 Å². The van der Waals surface area contributed by atoms with Crippen molar-refractivity contribution in [3.8, 4) is 11.4 Å². The summed E-state index contributed by atoms with van der Waals surface area (Å²) in [4.78, 5) is 8.55. The SMILES string of the molecule is CCC(C)NC(N)=NCCCc1nc(-c2ccc(F)cc2)no1. The van der Waals surface area contributed by atoms with Crippen molar-refractivity contribution in [1.82, 2.24) is 15.5 Å². The zero-order valence-corrected chi connectivity index (χ0v) is 13.4. The molecule has 0 amide bonds. The molecule has 1 unspecified atom stereocenters. The Hall–Kier alpha value is -2.44. The highest BCUT2D eigenvalue weighted by Gasteiger charge is 2.08. The molecule has 0 bridgehead atoms. The Morgan fingerprint density at radius 2 is 2.13 bits per heavy atom. The quantitative estimate of drug-likeness (QED) is 0.465. The second kappa shape index (κ2) is 8.26. The lowest BCUT2D eigenvalue weighted by atomic mass is 10.2. The van der Waals surface area contributed by atoms with Crippen LogP contribution in [0.2, 0.25) is 0 Å². The van der Waals surface area contributed by atoms with Crippen LogP contribution in [-0.2, 0) is 6.42 Å². The van der Waals surface area contributed by atoms with Gasteiger partial charge in [0.05, 0.1) is 0 Å². The van der Waals surface area contributed by atoms with Crippen molar-refractivity contribution in [2.24, 2.45) is 10.7 Å². The zero-order valence-electron chi connectivity index (χ0n) is 13.4. The van der Waals surface area contributed by atoms with Crippen molar-refractivity contribution < 1.29 is 8.91 Å². The first kappa shape index (κ1) is 16.9. The van der Waals surface area contributed by atoms with Gasteiger partial charge in [-0.05, 0) is 44.0 Å². The summed E-state index contributed by atoms with van der Waals surface area (Å²) in [7, 11) is 0. The maximum Gasteiger partial charge on any atom is 0.227 e. The summed E-state index contributed by atoms with van der Waals surface area (Å²) in [6, 6.07) is 6.29. The van der Waals surface area contributed by atoms with Crippen LogP contribution in [0.1, 0.15) is 32.6 Å². The van der Waals surface area contributed by atoms with Gasteiger partial charge in [0, 0.05) is 24.6 Å².